The van der Waals surface area contributed by atoms with E-state index in [0.717, 1.165) is 16.7 Å². The minimum Gasteiger partial charge on any atom is -0.340 e. The standard InChI is InChI=1S/C22H24N4O2/c1-14(2)20(26-21(27)19-10-5-4-7-15(19)3)22(28)25-18-9-6-8-16(11-18)17-12-23-24-13-17/h4-14,20H,1-3H3,(H,23,24)(H,25,28)(H,26,27). The van der Waals surface area contributed by atoms with E-state index < -0.39 is 6.04 Å². The lowest BCUT2D eigenvalue weighted by Gasteiger charge is -2.22. The van der Waals surface area contributed by atoms with E-state index in [1.54, 1.807) is 18.5 Å². The Balaban J connectivity index is 1.74. The zero-order chi connectivity index (χ0) is 20.1. The molecule has 3 N–H and O–H groups in total. The van der Waals surface area contributed by atoms with Crippen molar-refractivity contribution >= 4 is 17.5 Å². The van der Waals surface area contributed by atoms with Gasteiger partial charge in [0.1, 0.15) is 6.04 Å². The zero-order valence-electron chi connectivity index (χ0n) is 16.2. The predicted octanol–water partition coefficient (Wildman–Crippen LogP) is 3.78. The first-order chi connectivity index (χ1) is 13.5. The van der Waals surface area contributed by atoms with E-state index in [0.29, 0.717) is 11.3 Å². The number of H-pyrrole nitrogens is 1. The molecule has 2 aromatic carbocycles. The Hall–Kier alpha value is -3.41. The average molecular weight is 376 g/mol. The van der Waals surface area contributed by atoms with E-state index in [4.69, 9.17) is 0 Å². The van der Waals surface area contributed by atoms with Gasteiger partial charge in [0.15, 0.2) is 0 Å². The SMILES string of the molecule is Cc1ccccc1C(=O)NC(C(=O)Nc1cccc(-c2cn[nH]c2)c1)C(C)C. The van der Waals surface area contributed by atoms with Gasteiger partial charge < -0.3 is 10.6 Å². The van der Waals surface area contributed by atoms with Crippen molar-refractivity contribution in [3.05, 3.63) is 72.1 Å². The largest absolute Gasteiger partial charge is 0.340 e. The van der Waals surface area contributed by atoms with Gasteiger partial charge in [-0.3, -0.25) is 14.7 Å². The van der Waals surface area contributed by atoms with Crippen molar-refractivity contribution in [1.82, 2.24) is 15.5 Å². The van der Waals surface area contributed by atoms with Crippen molar-refractivity contribution < 1.29 is 9.59 Å². The normalized spacial score (nSPS) is 11.9. The summed E-state index contributed by atoms with van der Waals surface area (Å²) in [4.78, 5) is 25.5. The number of anilines is 1. The number of carbonyl (C=O) groups excluding carboxylic acids is 2. The summed E-state index contributed by atoms with van der Waals surface area (Å²) in [5, 5.41) is 12.5. The lowest BCUT2D eigenvalue weighted by molar-refractivity contribution is -0.118. The first kappa shape index (κ1) is 19.4. The van der Waals surface area contributed by atoms with Crippen molar-refractivity contribution in [2.45, 2.75) is 26.8 Å². The van der Waals surface area contributed by atoms with Gasteiger partial charge in [0, 0.05) is 23.0 Å². The van der Waals surface area contributed by atoms with Gasteiger partial charge in [-0.1, -0.05) is 44.2 Å². The molecule has 1 unspecified atom stereocenters. The van der Waals surface area contributed by atoms with Gasteiger partial charge in [-0.15, -0.1) is 0 Å². The number of benzene rings is 2. The molecule has 0 saturated carbocycles. The van der Waals surface area contributed by atoms with Gasteiger partial charge in [-0.25, -0.2) is 0 Å². The second-order valence-electron chi connectivity index (χ2n) is 7.07. The van der Waals surface area contributed by atoms with E-state index in [-0.39, 0.29) is 17.7 Å². The number of aromatic amines is 1. The smallest absolute Gasteiger partial charge is 0.252 e. The van der Waals surface area contributed by atoms with Gasteiger partial charge in [-0.2, -0.15) is 5.10 Å². The van der Waals surface area contributed by atoms with E-state index >= 15 is 0 Å². The summed E-state index contributed by atoms with van der Waals surface area (Å²) in [5.41, 5.74) is 3.99. The Morgan fingerprint density at radius 2 is 1.82 bits per heavy atom. The number of aryl methyl sites for hydroxylation is 1. The van der Waals surface area contributed by atoms with E-state index in [9.17, 15) is 9.59 Å². The second-order valence-corrected chi connectivity index (χ2v) is 7.07. The molecule has 0 bridgehead atoms. The van der Waals surface area contributed by atoms with Gasteiger partial charge in [-0.05, 0) is 42.2 Å². The molecule has 0 fully saturated rings. The zero-order valence-corrected chi connectivity index (χ0v) is 16.2. The third kappa shape index (κ3) is 4.46. The molecule has 1 atom stereocenters. The molecule has 0 aliphatic heterocycles. The fraction of sp³-hybridized carbons (Fsp3) is 0.227. The first-order valence-corrected chi connectivity index (χ1v) is 9.22. The highest BCUT2D eigenvalue weighted by Gasteiger charge is 2.25. The maximum atomic E-state index is 12.9. The number of nitrogens with one attached hydrogen (secondary N) is 3. The molecular weight excluding hydrogens is 352 g/mol. The number of hydrogen-bond acceptors (Lipinski definition) is 3. The Morgan fingerprint density at radius 1 is 1.04 bits per heavy atom. The Kier molecular flexibility index (Phi) is 5.89. The lowest BCUT2D eigenvalue weighted by atomic mass is 10.0. The molecule has 6 nitrogen and oxygen atoms in total. The number of nitrogens with zero attached hydrogens (tertiary/aromatic N) is 1. The molecule has 3 rings (SSSR count). The first-order valence-electron chi connectivity index (χ1n) is 9.22. The molecule has 1 aromatic heterocycles. The number of aromatic nitrogens is 2. The Morgan fingerprint density at radius 3 is 2.50 bits per heavy atom. The van der Waals surface area contributed by atoms with Crippen LogP contribution in [0.5, 0.6) is 0 Å². The van der Waals surface area contributed by atoms with Crippen LogP contribution in [0.15, 0.2) is 60.9 Å². The van der Waals surface area contributed by atoms with Crippen molar-refractivity contribution in [3.63, 3.8) is 0 Å². The van der Waals surface area contributed by atoms with Gasteiger partial charge >= 0.3 is 0 Å². The summed E-state index contributed by atoms with van der Waals surface area (Å²) in [6.45, 7) is 5.69. The molecule has 2 amide bonds. The van der Waals surface area contributed by atoms with Crippen LogP contribution in [-0.2, 0) is 4.79 Å². The molecule has 144 valence electrons. The third-order valence-corrected chi connectivity index (χ3v) is 4.59. The van der Waals surface area contributed by atoms with Crippen molar-refractivity contribution in [3.8, 4) is 11.1 Å². The molecule has 28 heavy (non-hydrogen) atoms. The van der Waals surface area contributed by atoms with E-state index in [2.05, 4.69) is 20.8 Å². The maximum Gasteiger partial charge on any atom is 0.252 e. The summed E-state index contributed by atoms with van der Waals surface area (Å²) in [6.07, 6.45) is 3.51. The molecule has 1 heterocycles. The monoisotopic (exact) mass is 376 g/mol. The van der Waals surface area contributed by atoms with Crippen LogP contribution in [0.4, 0.5) is 5.69 Å². The fourth-order valence-electron chi connectivity index (χ4n) is 2.99. The van der Waals surface area contributed by atoms with Crippen LogP contribution >= 0.6 is 0 Å². The predicted molar refractivity (Wildman–Crippen MR) is 110 cm³/mol. The minimum absolute atomic E-state index is 0.0648. The highest BCUT2D eigenvalue weighted by atomic mass is 16.2. The summed E-state index contributed by atoms with van der Waals surface area (Å²) < 4.78 is 0. The molecule has 0 aliphatic rings. The van der Waals surface area contributed by atoms with Crippen molar-refractivity contribution in [2.24, 2.45) is 5.92 Å². The Bertz CT molecular complexity index is 964. The number of carbonyl (C=O) groups is 2. The van der Waals surface area contributed by atoms with Crippen LogP contribution in [0.2, 0.25) is 0 Å². The van der Waals surface area contributed by atoms with Crippen molar-refractivity contribution in [2.75, 3.05) is 5.32 Å². The molecule has 3 aromatic rings. The fourth-order valence-corrected chi connectivity index (χ4v) is 2.99. The number of amides is 2. The van der Waals surface area contributed by atoms with Crippen LogP contribution in [-0.4, -0.2) is 28.1 Å². The summed E-state index contributed by atoms with van der Waals surface area (Å²) in [5.74, 6) is -0.564. The van der Waals surface area contributed by atoms with Gasteiger partial charge in [0.2, 0.25) is 5.91 Å². The van der Waals surface area contributed by atoms with E-state index in [1.165, 1.54) is 0 Å². The highest BCUT2D eigenvalue weighted by Crippen LogP contribution is 2.22. The third-order valence-electron chi connectivity index (χ3n) is 4.59. The molecule has 0 saturated heterocycles. The van der Waals surface area contributed by atoms with Crippen LogP contribution in [0, 0.1) is 12.8 Å². The molecular formula is C22H24N4O2. The number of hydrogen-bond donors (Lipinski definition) is 3. The minimum atomic E-state index is -0.648. The topological polar surface area (TPSA) is 86.9 Å². The molecule has 0 radical (unpaired) electrons. The summed E-state index contributed by atoms with van der Waals surface area (Å²) in [7, 11) is 0. The Labute approximate surface area is 164 Å². The highest BCUT2D eigenvalue weighted by molar-refractivity contribution is 6.02. The van der Waals surface area contributed by atoms with Crippen LogP contribution in [0.1, 0.15) is 29.8 Å². The van der Waals surface area contributed by atoms with Gasteiger partial charge in [0.25, 0.3) is 5.91 Å². The molecule has 0 aliphatic carbocycles. The number of rotatable bonds is 6. The van der Waals surface area contributed by atoms with Crippen LogP contribution in [0.3, 0.4) is 0 Å². The van der Waals surface area contributed by atoms with Crippen LogP contribution < -0.4 is 10.6 Å². The van der Waals surface area contributed by atoms with Crippen LogP contribution in [0.25, 0.3) is 11.1 Å². The molecule has 6 heteroatoms. The van der Waals surface area contributed by atoms with Crippen molar-refractivity contribution in [1.29, 1.82) is 0 Å². The molecule has 0 spiro atoms. The second kappa shape index (κ2) is 8.52. The van der Waals surface area contributed by atoms with Gasteiger partial charge in [0.05, 0.1) is 6.20 Å². The lowest BCUT2D eigenvalue weighted by Crippen LogP contribution is -2.47. The summed E-state index contributed by atoms with van der Waals surface area (Å²) in [6, 6.07) is 14.2. The van der Waals surface area contributed by atoms with E-state index in [1.807, 2.05) is 63.2 Å². The summed E-state index contributed by atoms with van der Waals surface area (Å²) >= 11 is 0. The average Bonchev–Trinajstić information content (AvgIpc) is 3.21. The maximum absolute atomic E-state index is 12.9. The quantitative estimate of drug-likeness (QED) is 0.612.